The molecule has 0 amide bonds. The van der Waals surface area contributed by atoms with Crippen molar-refractivity contribution in [3.05, 3.63) is 17.0 Å². The smallest absolute Gasteiger partial charge is 0.224 e. The molecule has 1 atom stereocenters. The Morgan fingerprint density at radius 2 is 2.06 bits per heavy atom. The monoisotopic (exact) mass is 255 g/mol. The van der Waals surface area contributed by atoms with Gasteiger partial charge in [0.2, 0.25) is 5.28 Å². The van der Waals surface area contributed by atoms with Crippen LogP contribution in [0.5, 0.6) is 0 Å². The zero-order chi connectivity index (χ0) is 12.7. The Hall–Kier alpha value is -0.830. The van der Waals surface area contributed by atoms with Crippen LogP contribution in [-0.2, 0) is 0 Å². The third kappa shape index (κ3) is 5.87. The third-order valence-electron chi connectivity index (χ3n) is 2.71. The van der Waals surface area contributed by atoms with Crippen LogP contribution < -0.4 is 5.32 Å². The fraction of sp³-hybridized carbons (Fsp3) is 0.692. The van der Waals surface area contributed by atoms with Gasteiger partial charge in [0, 0.05) is 17.8 Å². The van der Waals surface area contributed by atoms with Gasteiger partial charge in [-0.3, -0.25) is 0 Å². The van der Waals surface area contributed by atoms with Crippen LogP contribution in [0.1, 0.15) is 51.6 Å². The van der Waals surface area contributed by atoms with E-state index in [1.165, 1.54) is 32.1 Å². The second-order valence-corrected chi connectivity index (χ2v) is 4.90. The predicted molar refractivity (Wildman–Crippen MR) is 73.6 cm³/mol. The molecule has 0 radical (unpaired) electrons. The van der Waals surface area contributed by atoms with Gasteiger partial charge in [0.1, 0.15) is 5.82 Å². The number of nitrogens with zero attached hydrogens (tertiary/aromatic N) is 2. The van der Waals surface area contributed by atoms with Gasteiger partial charge in [-0.25, -0.2) is 9.97 Å². The predicted octanol–water partition coefficient (Wildman–Crippen LogP) is 4.21. The van der Waals surface area contributed by atoms with E-state index in [4.69, 9.17) is 11.6 Å². The van der Waals surface area contributed by atoms with Crippen LogP contribution in [0.15, 0.2) is 6.07 Å². The first-order valence-corrected chi connectivity index (χ1v) is 6.77. The highest BCUT2D eigenvalue weighted by Crippen LogP contribution is 2.13. The van der Waals surface area contributed by atoms with E-state index in [-0.39, 0.29) is 0 Å². The molecule has 0 spiro atoms. The molecule has 0 aromatic carbocycles. The number of aromatic nitrogens is 2. The van der Waals surface area contributed by atoms with Crippen LogP contribution in [0.4, 0.5) is 5.82 Å². The van der Waals surface area contributed by atoms with Gasteiger partial charge in [-0.15, -0.1) is 0 Å². The maximum Gasteiger partial charge on any atom is 0.224 e. The fourth-order valence-electron chi connectivity index (χ4n) is 1.81. The summed E-state index contributed by atoms with van der Waals surface area (Å²) in [5.41, 5.74) is 0.894. The molecule has 17 heavy (non-hydrogen) atoms. The summed E-state index contributed by atoms with van der Waals surface area (Å²) in [6, 6.07) is 2.35. The van der Waals surface area contributed by atoms with E-state index in [0.29, 0.717) is 11.3 Å². The van der Waals surface area contributed by atoms with Gasteiger partial charge in [-0.2, -0.15) is 0 Å². The molecule has 0 aliphatic heterocycles. The molecule has 96 valence electrons. The molecule has 3 nitrogen and oxygen atoms in total. The van der Waals surface area contributed by atoms with Gasteiger partial charge in [-0.1, -0.05) is 32.6 Å². The number of anilines is 1. The van der Waals surface area contributed by atoms with Crippen molar-refractivity contribution in [1.82, 2.24) is 9.97 Å². The van der Waals surface area contributed by atoms with Crippen molar-refractivity contribution in [2.75, 3.05) is 5.32 Å². The Labute approximate surface area is 109 Å². The van der Waals surface area contributed by atoms with Gasteiger partial charge in [0.05, 0.1) is 0 Å². The molecule has 1 N–H and O–H groups in total. The summed E-state index contributed by atoms with van der Waals surface area (Å²) in [6.45, 7) is 6.33. The molecule has 1 unspecified atom stereocenters. The number of hydrogen-bond donors (Lipinski definition) is 1. The van der Waals surface area contributed by atoms with Crippen LogP contribution in [0.25, 0.3) is 0 Å². The van der Waals surface area contributed by atoms with Crippen LogP contribution in [0.3, 0.4) is 0 Å². The molecular weight excluding hydrogens is 234 g/mol. The summed E-state index contributed by atoms with van der Waals surface area (Å²) >= 11 is 5.82. The Kier molecular flexibility index (Phi) is 6.27. The van der Waals surface area contributed by atoms with Crippen molar-refractivity contribution < 1.29 is 0 Å². The molecule has 0 bridgehead atoms. The quantitative estimate of drug-likeness (QED) is 0.586. The summed E-state index contributed by atoms with van der Waals surface area (Å²) in [4.78, 5) is 8.20. The molecule has 4 heteroatoms. The molecule has 0 fully saturated rings. The van der Waals surface area contributed by atoms with Crippen molar-refractivity contribution in [2.45, 2.75) is 58.9 Å². The highest BCUT2D eigenvalue weighted by molar-refractivity contribution is 6.28. The molecule has 0 aliphatic rings. The van der Waals surface area contributed by atoms with Crippen LogP contribution >= 0.6 is 11.6 Å². The molecule has 1 aromatic rings. The first-order chi connectivity index (χ1) is 8.11. The summed E-state index contributed by atoms with van der Waals surface area (Å²) in [6.07, 6.45) is 6.35. The van der Waals surface area contributed by atoms with Gasteiger partial charge in [0.15, 0.2) is 0 Å². The molecule has 1 heterocycles. The molecule has 0 saturated carbocycles. The average molecular weight is 256 g/mol. The number of unbranched alkanes of at least 4 members (excludes halogenated alkanes) is 3. The number of hydrogen-bond acceptors (Lipinski definition) is 3. The first kappa shape index (κ1) is 14.2. The van der Waals surface area contributed by atoms with Crippen LogP contribution in [0, 0.1) is 6.92 Å². The van der Waals surface area contributed by atoms with E-state index in [2.05, 4.69) is 29.1 Å². The van der Waals surface area contributed by atoms with Crippen LogP contribution in [-0.4, -0.2) is 16.0 Å². The zero-order valence-electron chi connectivity index (χ0n) is 11.0. The number of aryl methyl sites for hydroxylation is 1. The van der Waals surface area contributed by atoms with Crippen molar-refractivity contribution in [3.8, 4) is 0 Å². The van der Waals surface area contributed by atoms with Gasteiger partial charge >= 0.3 is 0 Å². The second-order valence-electron chi connectivity index (χ2n) is 4.56. The van der Waals surface area contributed by atoms with Gasteiger partial charge < -0.3 is 5.32 Å². The molecular formula is C13H22ClN3. The minimum Gasteiger partial charge on any atom is -0.367 e. The SMILES string of the molecule is CCCCCCC(C)Nc1cc(C)nc(Cl)n1. The lowest BCUT2D eigenvalue weighted by Gasteiger charge is -2.14. The lowest BCUT2D eigenvalue weighted by Crippen LogP contribution is -2.16. The van der Waals surface area contributed by atoms with Crippen molar-refractivity contribution in [1.29, 1.82) is 0 Å². The maximum atomic E-state index is 5.82. The van der Waals surface area contributed by atoms with Crippen molar-refractivity contribution in [2.24, 2.45) is 0 Å². The number of nitrogens with one attached hydrogen (secondary N) is 1. The van der Waals surface area contributed by atoms with Crippen LogP contribution in [0.2, 0.25) is 5.28 Å². The molecule has 0 saturated heterocycles. The van der Waals surface area contributed by atoms with E-state index < -0.39 is 0 Å². The molecule has 1 rings (SSSR count). The van der Waals surface area contributed by atoms with E-state index in [1.807, 2.05) is 13.0 Å². The average Bonchev–Trinajstić information content (AvgIpc) is 2.23. The second kappa shape index (κ2) is 7.49. The fourth-order valence-corrected chi connectivity index (χ4v) is 2.03. The van der Waals surface area contributed by atoms with E-state index in [1.54, 1.807) is 0 Å². The van der Waals surface area contributed by atoms with E-state index in [9.17, 15) is 0 Å². The Morgan fingerprint density at radius 3 is 2.71 bits per heavy atom. The van der Waals surface area contributed by atoms with Crippen molar-refractivity contribution >= 4 is 17.4 Å². The van der Waals surface area contributed by atoms with E-state index >= 15 is 0 Å². The number of halogens is 1. The Bertz CT molecular complexity index is 321. The normalized spacial score (nSPS) is 12.5. The Morgan fingerprint density at radius 1 is 1.29 bits per heavy atom. The Balaban J connectivity index is 2.36. The largest absolute Gasteiger partial charge is 0.367 e. The minimum absolute atomic E-state index is 0.311. The summed E-state index contributed by atoms with van der Waals surface area (Å²) in [5.74, 6) is 0.825. The standard InChI is InChI=1S/C13H22ClN3/c1-4-5-6-7-8-10(2)15-12-9-11(3)16-13(14)17-12/h9-10H,4-8H2,1-3H3,(H,15,16,17). The highest BCUT2D eigenvalue weighted by atomic mass is 35.5. The van der Waals surface area contributed by atoms with E-state index in [0.717, 1.165) is 11.5 Å². The van der Waals surface area contributed by atoms with Gasteiger partial charge in [0.25, 0.3) is 0 Å². The summed E-state index contributed by atoms with van der Waals surface area (Å²) in [5, 5.41) is 3.68. The topological polar surface area (TPSA) is 37.8 Å². The van der Waals surface area contributed by atoms with Crippen molar-refractivity contribution in [3.63, 3.8) is 0 Å². The lowest BCUT2D eigenvalue weighted by molar-refractivity contribution is 0.593. The summed E-state index contributed by atoms with van der Waals surface area (Å²) < 4.78 is 0. The third-order valence-corrected chi connectivity index (χ3v) is 2.88. The van der Waals surface area contributed by atoms with Gasteiger partial charge in [-0.05, 0) is 31.9 Å². The number of rotatable bonds is 7. The first-order valence-electron chi connectivity index (χ1n) is 6.39. The lowest BCUT2D eigenvalue weighted by atomic mass is 10.1. The minimum atomic E-state index is 0.311. The maximum absolute atomic E-state index is 5.82. The zero-order valence-corrected chi connectivity index (χ0v) is 11.7. The highest BCUT2D eigenvalue weighted by Gasteiger charge is 2.04. The molecule has 0 aliphatic carbocycles. The summed E-state index contributed by atoms with van der Waals surface area (Å²) in [7, 11) is 0. The molecule has 1 aromatic heterocycles.